The van der Waals surface area contributed by atoms with Crippen LogP contribution in [0.15, 0.2) is 36.4 Å². The van der Waals surface area contributed by atoms with Crippen molar-refractivity contribution in [2.45, 2.75) is 12.5 Å². The quantitative estimate of drug-likeness (QED) is 0.504. The summed E-state index contributed by atoms with van der Waals surface area (Å²) < 4.78 is 53.0. The average Bonchev–Trinajstić information content (AvgIpc) is 2.56. The number of benzene rings is 2. The van der Waals surface area contributed by atoms with Crippen LogP contribution >= 0.6 is 0 Å². The van der Waals surface area contributed by atoms with E-state index in [-0.39, 0.29) is 13.0 Å². The van der Waals surface area contributed by atoms with Crippen LogP contribution in [0.2, 0.25) is 0 Å². The Bertz CT molecular complexity index is 707. The summed E-state index contributed by atoms with van der Waals surface area (Å²) in [5, 5.41) is 11.4. The Morgan fingerprint density at radius 3 is 2.30 bits per heavy atom. The van der Waals surface area contributed by atoms with Gasteiger partial charge in [-0.25, -0.2) is 17.6 Å². The molecule has 2 N–H and O–H groups in total. The van der Waals surface area contributed by atoms with E-state index in [4.69, 9.17) is 5.11 Å². The lowest BCUT2D eigenvalue weighted by Gasteiger charge is -2.18. The third-order valence-electron chi connectivity index (χ3n) is 3.27. The highest BCUT2D eigenvalue weighted by Gasteiger charge is 2.24. The van der Waals surface area contributed by atoms with Gasteiger partial charge < -0.3 is 10.4 Å². The molecule has 0 saturated carbocycles. The van der Waals surface area contributed by atoms with Gasteiger partial charge in [-0.15, -0.1) is 0 Å². The van der Waals surface area contributed by atoms with Crippen LogP contribution in [0.4, 0.5) is 17.6 Å². The minimum atomic E-state index is -2.05. The highest BCUT2D eigenvalue weighted by molar-refractivity contribution is 5.94. The average molecular weight is 327 g/mol. The highest BCUT2D eigenvalue weighted by atomic mass is 19.2. The van der Waals surface area contributed by atoms with Gasteiger partial charge in [0.1, 0.15) is 0 Å². The molecule has 7 heteroatoms. The van der Waals surface area contributed by atoms with E-state index >= 15 is 0 Å². The Balaban J connectivity index is 2.30. The zero-order valence-electron chi connectivity index (χ0n) is 11.8. The van der Waals surface area contributed by atoms with Gasteiger partial charge in [-0.3, -0.25) is 4.79 Å². The standard InChI is InChI=1S/C16H13F4NO2/c17-11-8-10(13(18)15(20)14(11)19)16(23)21-12(6-7-22)9-4-2-1-3-5-9/h1-5,8,12,22H,6-7H2,(H,21,23). The Hall–Kier alpha value is -2.41. The molecule has 0 saturated heterocycles. The SMILES string of the molecule is O=C(NC(CCO)c1ccccc1)c1cc(F)c(F)c(F)c1F. The fraction of sp³-hybridized carbons (Fsp3) is 0.188. The van der Waals surface area contributed by atoms with E-state index in [2.05, 4.69) is 5.32 Å². The number of amides is 1. The lowest BCUT2D eigenvalue weighted by atomic mass is 10.0. The number of halogens is 4. The first kappa shape index (κ1) is 17.0. The first-order valence-corrected chi connectivity index (χ1v) is 6.75. The Labute approximate surface area is 129 Å². The number of hydrogen-bond acceptors (Lipinski definition) is 2. The number of rotatable bonds is 5. The van der Waals surface area contributed by atoms with Gasteiger partial charge in [0.05, 0.1) is 11.6 Å². The van der Waals surface area contributed by atoms with Crippen LogP contribution in [0.3, 0.4) is 0 Å². The van der Waals surface area contributed by atoms with E-state index < -0.39 is 40.8 Å². The van der Waals surface area contributed by atoms with Gasteiger partial charge in [-0.2, -0.15) is 0 Å². The molecule has 2 aromatic rings. The lowest BCUT2D eigenvalue weighted by molar-refractivity contribution is 0.0923. The van der Waals surface area contributed by atoms with E-state index in [1.807, 2.05) is 0 Å². The maximum Gasteiger partial charge on any atom is 0.254 e. The molecule has 2 rings (SSSR count). The summed E-state index contributed by atoms with van der Waals surface area (Å²) in [6.45, 7) is -0.269. The number of hydrogen-bond donors (Lipinski definition) is 2. The minimum absolute atomic E-state index is 0.115. The number of carbonyl (C=O) groups is 1. The summed E-state index contributed by atoms with van der Waals surface area (Å²) >= 11 is 0. The molecule has 1 atom stereocenters. The largest absolute Gasteiger partial charge is 0.396 e. The van der Waals surface area contributed by atoms with Gasteiger partial charge in [0.25, 0.3) is 5.91 Å². The van der Waals surface area contributed by atoms with Gasteiger partial charge in [0.15, 0.2) is 23.3 Å². The van der Waals surface area contributed by atoms with Crippen LogP contribution in [-0.2, 0) is 0 Å². The molecule has 0 aromatic heterocycles. The van der Waals surface area contributed by atoms with E-state index in [1.165, 1.54) is 0 Å². The monoisotopic (exact) mass is 327 g/mol. The van der Waals surface area contributed by atoms with Gasteiger partial charge in [-0.1, -0.05) is 30.3 Å². The van der Waals surface area contributed by atoms with Crippen molar-refractivity contribution in [2.24, 2.45) is 0 Å². The van der Waals surface area contributed by atoms with Crippen molar-refractivity contribution in [3.05, 3.63) is 70.8 Å². The predicted molar refractivity (Wildman–Crippen MR) is 74.6 cm³/mol. The zero-order chi connectivity index (χ0) is 17.0. The summed E-state index contributed by atoms with van der Waals surface area (Å²) in [4.78, 5) is 12.1. The second-order valence-corrected chi connectivity index (χ2v) is 4.80. The van der Waals surface area contributed by atoms with E-state index in [9.17, 15) is 22.4 Å². The van der Waals surface area contributed by atoms with Crippen LogP contribution in [-0.4, -0.2) is 17.6 Å². The molecule has 0 aliphatic rings. The predicted octanol–water partition coefficient (Wildman–Crippen LogP) is 3.10. The van der Waals surface area contributed by atoms with Crippen LogP contribution in [0.5, 0.6) is 0 Å². The number of nitrogens with one attached hydrogen (secondary N) is 1. The van der Waals surface area contributed by atoms with Crippen LogP contribution < -0.4 is 5.32 Å². The van der Waals surface area contributed by atoms with Gasteiger partial charge in [0, 0.05) is 6.61 Å². The maximum atomic E-state index is 13.6. The van der Waals surface area contributed by atoms with Crippen molar-refractivity contribution in [1.82, 2.24) is 5.32 Å². The molecule has 23 heavy (non-hydrogen) atoms. The molecule has 0 radical (unpaired) electrons. The van der Waals surface area contributed by atoms with Crippen molar-refractivity contribution in [1.29, 1.82) is 0 Å². The maximum absolute atomic E-state index is 13.6. The van der Waals surface area contributed by atoms with E-state index in [0.717, 1.165) is 0 Å². The Morgan fingerprint density at radius 2 is 1.70 bits per heavy atom. The molecule has 0 aliphatic heterocycles. The van der Waals surface area contributed by atoms with Gasteiger partial charge in [-0.05, 0) is 18.1 Å². The summed E-state index contributed by atoms with van der Waals surface area (Å²) in [6, 6.07) is 8.08. The fourth-order valence-electron chi connectivity index (χ4n) is 2.11. The minimum Gasteiger partial charge on any atom is -0.396 e. The van der Waals surface area contributed by atoms with E-state index in [0.29, 0.717) is 11.6 Å². The van der Waals surface area contributed by atoms with Crippen molar-refractivity contribution in [3.8, 4) is 0 Å². The number of aliphatic hydroxyl groups excluding tert-OH is 1. The Kier molecular flexibility index (Phi) is 5.33. The van der Waals surface area contributed by atoms with Gasteiger partial charge >= 0.3 is 0 Å². The van der Waals surface area contributed by atoms with Crippen molar-refractivity contribution >= 4 is 5.91 Å². The summed E-state index contributed by atoms with van der Waals surface area (Å²) in [5.41, 5.74) is -0.321. The molecule has 3 nitrogen and oxygen atoms in total. The Morgan fingerprint density at radius 1 is 1.04 bits per heavy atom. The first-order chi connectivity index (χ1) is 11.0. The van der Waals surface area contributed by atoms with Gasteiger partial charge in [0.2, 0.25) is 0 Å². The molecular weight excluding hydrogens is 314 g/mol. The van der Waals surface area contributed by atoms with E-state index in [1.54, 1.807) is 30.3 Å². The molecule has 0 heterocycles. The molecular formula is C16H13F4NO2. The first-order valence-electron chi connectivity index (χ1n) is 6.75. The second kappa shape index (κ2) is 7.23. The van der Waals surface area contributed by atoms with Crippen molar-refractivity contribution in [3.63, 3.8) is 0 Å². The molecule has 0 spiro atoms. The third-order valence-corrected chi connectivity index (χ3v) is 3.27. The summed E-state index contributed by atoms with van der Waals surface area (Å²) in [6.07, 6.45) is 0.115. The third kappa shape index (κ3) is 3.68. The van der Waals surface area contributed by atoms with Crippen LogP contribution in [0.1, 0.15) is 28.4 Å². The smallest absolute Gasteiger partial charge is 0.254 e. The number of aliphatic hydroxyl groups is 1. The van der Waals surface area contributed by atoms with Crippen LogP contribution in [0, 0.1) is 23.3 Å². The normalized spacial score (nSPS) is 12.0. The highest BCUT2D eigenvalue weighted by Crippen LogP contribution is 2.21. The lowest BCUT2D eigenvalue weighted by Crippen LogP contribution is -2.30. The molecule has 2 aromatic carbocycles. The summed E-state index contributed by atoms with van der Waals surface area (Å²) in [7, 11) is 0. The zero-order valence-corrected chi connectivity index (χ0v) is 11.8. The van der Waals surface area contributed by atoms with Crippen LogP contribution in [0.25, 0.3) is 0 Å². The molecule has 0 aliphatic carbocycles. The molecule has 122 valence electrons. The molecule has 0 fully saturated rings. The molecule has 1 amide bonds. The topological polar surface area (TPSA) is 49.3 Å². The second-order valence-electron chi connectivity index (χ2n) is 4.80. The molecule has 0 bridgehead atoms. The van der Waals surface area contributed by atoms with Crippen molar-refractivity contribution in [2.75, 3.05) is 6.61 Å². The fourth-order valence-corrected chi connectivity index (χ4v) is 2.11. The number of carbonyl (C=O) groups excluding carboxylic acids is 1. The molecule has 1 unspecified atom stereocenters. The summed E-state index contributed by atoms with van der Waals surface area (Å²) in [5.74, 6) is -8.56. The van der Waals surface area contributed by atoms with Crippen molar-refractivity contribution < 1.29 is 27.5 Å².